The molecular weight excluding hydrogens is 330 g/mol. The molecule has 0 atom stereocenters. The lowest BCUT2D eigenvalue weighted by Crippen LogP contribution is -2.42. The van der Waals surface area contributed by atoms with Gasteiger partial charge in [-0.2, -0.15) is 0 Å². The molecular formula is C21H23NO4. The Morgan fingerprint density at radius 1 is 1.04 bits per heavy atom. The second-order valence-electron chi connectivity index (χ2n) is 6.62. The van der Waals surface area contributed by atoms with Crippen molar-refractivity contribution < 1.29 is 19.0 Å². The minimum atomic E-state index is -0.598. The van der Waals surface area contributed by atoms with Gasteiger partial charge in [0.05, 0.1) is 25.3 Å². The Balaban J connectivity index is 1.85. The summed E-state index contributed by atoms with van der Waals surface area (Å²) in [4.78, 5) is 12.8. The van der Waals surface area contributed by atoms with E-state index in [1.165, 1.54) is 0 Å². The predicted molar refractivity (Wildman–Crippen MR) is 101 cm³/mol. The number of benzene rings is 2. The highest BCUT2D eigenvalue weighted by molar-refractivity contribution is 5.99. The van der Waals surface area contributed by atoms with Crippen LogP contribution in [0.2, 0.25) is 0 Å². The third-order valence-electron chi connectivity index (χ3n) is 4.43. The van der Waals surface area contributed by atoms with Gasteiger partial charge in [0, 0.05) is 11.1 Å². The second kappa shape index (κ2) is 7.12. The molecule has 3 rings (SSSR count). The van der Waals surface area contributed by atoms with Crippen molar-refractivity contribution in [3.8, 4) is 17.2 Å². The fourth-order valence-electron chi connectivity index (χ4n) is 3.06. The van der Waals surface area contributed by atoms with E-state index in [4.69, 9.17) is 14.2 Å². The van der Waals surface area contributed by atoms with Gasteiger partial charge in [-0.25, -0.2) is 0 Å². The molecule has 0 saturated carbocycles. The monoisotopic (exact) mass is 353 g/mol. The van der Waals surface area contributed by atoms with E-state index in [0.717, 1.165) is 16.9 Å². The topological polar surface area (TPSA) is 56.8 Å². The summed E-state index contributed by atoms with van der Waals surface area (Å²) in [5.74, 6) is 1.89. The summed E-state index contributed by atoms with van der Waals surface area (Å²) in [5.41, 5.74) is 1.71. The summed E-state index contributed by atoms with van der Waals surface area (Å²) >= 11 is 0. The number of hydrogen-bond donors (Lipinski definition) is 1. The molecule has 26 heavy (non-hydrogen) atoms. The first-order valence-corrected chi connectivity index (χ1v) is 8.42. The van der Waals surface area contributed by atoms with Crippen molar-refractivity contribution in [2.45, 2.75) is 19.4 Å². The van der Waals surface area contributed by atoms with Crippen LogP contribution in [-0.4, -0.2) is 26.7 Å². The van der Waals surface area contributed by atoms with Crippen molar-refractivity contribution >= 4 is 12.0 Å². The molecule has 2 aromatic rings. The Bertz CT molecular complexity index is 855. The van der Waals surface area contributed by atoms with Crippen LogP contribution in [0, 0.1) is 0 Å². The van der Waals surface area contributed by atoms with Crippen LogP contribution in [0.25, 0.3) is 6.08 Å². The van der Waals surface area contributed by atoms with Crippen molar-refractivity contribution in [1.29, 1.82) is 0 Å². The highest BCUT2D eigenvalue weighted by Gasteiger charge is 2.29. The highest BCUT2D eigenvalue weighted by Crippen LogP contribution is 2.36. The molecule has 1 heterocycles. The maximum absolute atomic E-state index is 12.8. The lowest BCUT2D eigenvalue weighted by atomic mass is 9.92. The van der Waals surface area contributed by atoms with E-state index >= 15 is 0 Å². The van der Waals surface area contributed by atoms with E-state index in [1.807, 2.05) is 62.4 Å². The first-order chi connectivity index (χ1) is 12.5. The quantitative estimate of drug-likeness (QED) is 0.893. The zero-order chi connectivity index (χ0) is 18.7. The van der Waals surface area contributed by atoms with Crippen LogP contribution in [0.15, 0.2) is 48.0 Å². The standard InChI is InChI=1S/C21H23NO4/c1-21(2,16-9-5-6-10-17(16)24-3)22-20(23)15-12-14-8-7-11-18(25-4)19(14)26-13-15/h5-12H,13H2,1-4H3,(H,22,23). The van der Waals surface area contributed by atoms with E-state index in [9.17, 15) is 4.79 Å². The van der Waals surface area contributed by atoms with Crippen molar-refractivity contribution in [1.82, 2.24) is 5.32 Å². The highest BCUT2D eigenvalue weighted by atomic mass is 16.5. The Labute approximate surface area is 153 Å². The second-order valence-corrected chi connectivity index (χ2v) is 6.62. The van der Waals surface area contributed by atoms with Gasteiger partial charge in [-0.1, -0.05) is 30.3 Å². The summed E-state index contributed by atoms with van der Waals surface area (Å²) in [5, 5.41) is 3.08. The molecule has 0 unspecified atom stereocenters. The summed E-state index contributed by atoms with van der Waals surface area (Å²) < 4.78 is 16.5. The summed E-state index contributed by atoms with van der Waals surface area (Å²) in [6.07, 6.45) is 1.84. The Morgan fingerprint density at radius 3 is 2.46 bits per heavy atom. The first-order valence-electron chi connectivity index (χ1n) is 8.42. The van der Waals surface area contributed by atoms with Crippen LogP contribution in [0.1, 0.15) is 25.0 Å². The summed E-state index contributed by atoms with van der Waals surface area (Å²) in [6, 6.07) is 13.3. The molecule has 5 heteroatoms. The SMILES string of the molecule is COc1ccccc1C(C)(C)NC(=O)C1=Cc2cccc(OC)c2OC1. The number of methoxy groups -OCH3 is 2. The molecule has 5 nitrogen and oxygen atoms in total. The van der Waals surface area contributed by atoms with Crippen molar-refractivity contribution in [2.24, 2.45) is 0 Å². The summed E-state index contributed by atoms with van der Waals surface area (Å²) in [7, 11) is 3.22. The van der Waals surface area contributed by atoms with Crippen LogP contribution in [0.5, 0.6) is 17.2 Å². The molecule has 0 spiro atoms. The van der Waals surface area contributed by atoms with Gasteiger partial charge in [-0.3, -0.25) is 4.79 Å². The van der Waals surface area contributed by atoms with E-state index < -0.39 is 5.54 Å². The van der Waals surface area contributed by atoms with Crippen molar-refractivity contribution in [2.75, 3.05) is 20.8 Å². The smallest absolute Gasteiger partial charge is 0.251 e. The molecule has 0 aliphatic carbocycles. The van der Waals surface area contributed by atoms with Gasteiger partial charge in [0.1, 0.15) is 12.4 Å². The molecule has 0 bridgehead atoms. The van der Waals surface area contributed by atoms with E-state index in [-0.39, 0.29) is 12.5 Å². The lowest BCUT2D eigenvalue weighted by Gasteiger charge is -2.29. The minimum Gasteiger partial charge on any atom is -0.496 e. The normalized spacial score (nSPS) is 13.2. The number of rotatable bonds is 5. The largest absolute Gasteiger partial charge is 0.496 e. The van der Waals surface area contributed by atoms with Crippen molar-refractivity contribution in [3.63, 3.8) is 0 Å². The van der Waals surface area contributed by atoms with Gasteiger partial charge < -0.3 is 19.5 Å². The zero-order valence-corrected chi connectivity index (χ0v) is 15.5. The number of para-hydroxylation sites is 2. The van der Waals surface area contributed by atoms with Gasteiger partial charge in [-0.15, -0.1) is 0 Å². The maximum Gasteiger partial charge on any atom is 0.251 e. The molecule has 1 aliphatic rings. The van der Waals surface area contributed by atoms with Crippen LogP contribution < -0.4 is 19.5 Å². The van der Waals surface area contributed by atoms with Gasteiger partial charge in [0.2, 0.25) is 0 Å². The predicted octanol–water partition coefficient (Wildman–Crippen LogP) is 3.53. The number of fused-ring (bicyclic) bond motifs is 1. The number of carbonyl (C=O) groups excluding carboxylic acids is 1. The molecule has 1 N–H and O–H groups in total. The van der Waals surface area contributed by atoms with E-state index in [2.05, 4.69) is 5.32 Å². The molecule has 0 saturated heterocycles. The first kappa shape index (κ1) is 17.9. The number of hydrogen-bond acceptors (Lipinski definition) is 4. The average molecular weight is 353 g/mol. The van der Waals surface area contributed by atoms with Crippen LogP contribution in [0.3, 0.4) is 0 Å². The van der Waals surface area contributed by atoms with E-state index in [0.29, 0.717) is 17.1 Å². The van der Waals surface area contributed by atoms with E-state index in [1.54, 1.807) is 14.2 Å². The van der Waals surface area contributed by atoms with Crippen molar-refractivity contribution in [3.05, 3.63) is 59.2 Å². The van der Waals surface area contributed by atoms with Gasteiger partial charge >= 0.3 is 0 Å². The molecule has 136 valence electrons. The Kier molecular flexibility index (Phi) is 4.89. The Hall–Kier alpha value is -2.95. The third-order valence-corrected chi connectivity index (χ3v) is 4.43. The van der Waals surface area contributed by atoms with Gasteiger partial charge in [0.15, 0.2) is 11.5 Å². The number of amides is 1. The molecule has 0 radical (unpaired) electrons. The fraction of sp³-hybridized carbons (Fsp3) is 0.286. The molecule has 0 fully saturated rings. The Morgan fingerprint density at radius 2 is 1.73 bits per heavy atom. The summed E-state index contributed by atoms with van der Waals surface area (Å²) in [6.45, 7) is 4.09. The lowest BCUT2D eigenvalue weighted by molar-refractivity contribution is -0.119. The minimum absolute atomic E-state index is 0.172. The molecule has 1 amide bonds. The third kappa shape index (κ3) is 3.38. The number of nitrogens with one attached hydrogen (secondary N) is 1. The van der Waals surface area contributed by atoms with Gasteiger partial charge in [-0.05, 0) is 32.1 Å². The molecule has 2 aromatic carbocycles. The molecule has 0 aromatic heterocycles. The van der Waals surface area contributed by atoms with Crippen LogP contribution in [0.4, 0.5) is 0 Å². The van der Waals surface area contributed by atoms with Crippen LogP contribution >= 0.6 is 0 Å². The van der Waals surface area contributed by atoms with Crippen LogP contribution in [-0.2, 0) is 10.3 Å². The maximum atomic E-state index is 12.8. The molecule has 1 aliphatic heterocycles. The zero-order valence-electron chi connectivity index (χ0n) is 15.5. The number of ether oxygens (including phenoxy) is 3. The van der Waals surface area contributed by atoms with Gasteiger partial charge in [0.25, 0.3) is 5.91 Å². The number of carbonyl (C=O) groups is 1. The average Bonchev–Trinajstić information content (AvgIpc) is 2.66. The fourth-order valence-corrected chi connectivity index (χ4v) is 3.06.